The maximum Gasteiger partial charge on any atom is 0.000528 e. The minimum atomic E-state index is 0.646. The molecular formula is C13H26N2. The zero-order valence-electron chi connectivity index (χ0n) is 10.1. The third-order valence-corrected chi connectivity index (χ3v) is 4.43. The van der Waals surface area contributed by atoms with Crippen LogP contribution in [0.4, 0.5) is 0 Å². The Morgan fingerprint density at radius 2 is 1.87 bits per heavy atom. The van der Waals surface area contributed by atoms with E-state index >= 15 is 0 Å². The van der Waals surface area contributed by atoms with E-state index in [1.807, 2.05) is 0 Å². The Labute approximate surface area is 94.0 Å². The lowest BCUT2D eigenvalue weighted by Gasteiger charge is -2.31. The first kappa shape index (κ1) is 11.4. The van der Waals surface area contributed by atoms with Crippen molar-refractivity contribution in [3.8, 4) is 0 Å². The molecule has 88 valence electrons. The first-order valence-electron chi connectivity index (χ1n) is 6.64. The molecule has 2 aliphatic carbocycles. The molecule has 0 amide bonds. The third-order valence-electron chi connectivity index (χ3n) is 4.43. The van der Waals surface area contributed by atoms with Crippen molar-refractivity contribution < 1.29 is 0 Å². The van der Waals surface area contributed by atoms with E-state index in [0.717, 1.165) is 18.4 Å². The van der Waals surface area contributed by atoms with Crippen LogP contribution in [0.2, 0.25) is 0 Å². The fourth-order valence-electron chi connectivity index (χ4n) is 2.81. The molecule has 2 nitrogen and oxygen atoms in total. The predicted molar refractivity (Wildman–Crippen MR) is 64.7 cm³/mol. The molecule has 0 aliphatic heterocycles. The SMILES string of the molecule is CC1(CNCC2CCCCC2CN)CC1. The van der Waals surface area contributed by atoms with Gasteiger partial charge in [0.2, 0.25) is 0 Å². The Morgan fingerprint density at radius 1 is 1.20 bits per heavy atom. The lowest BCUT2D eigenvalue weighted by atomic mass is 9.79. The van der Waals surface area contributed by atoms with Crippen LogP contribution in [-0.2, 0) is 0 Å². The van der Waals surface area contributed by atoms with Crippen LogP contribution < -0.4 is 11.1 Å². The first-order valence-corrected chi connectivity index (χ1v) is 6.64. The molecule has 2 fully saturated rings. The predicted octanol–water partition coefficient (Wildman–Crippen LogP) is 2.14. The number of rotatable bonds is 5. The van der Waals surface area contributed by atoms with Crippen LogP contribution >= 0.6 is 0 Å². The number of nitrogens with two attached hydrogens (primary N) is 1. The van der Waals surface area contributed by atoms with Gasteiger partial charge >= 0.3 is 0 Å². The monoisotopic (exact) mass is 210 g/mol. The summed E-state index contributed by atoms with van der Waals surface area (Å²) in [5.74, 6) is 1.64. The van der Waals surface area contributed by atoms with E-state index in [-0.39, 0.29) is 0 Å². The van der Waals surface area contributed by atoms with Gasteiger partial charge in [0.1, 0.15) is 0 Å². The highest BCUT2D eigenvalue weighted by molar-refractivity contribution is 4.90. The standard InChI is InChI=1S/C13H26N2/c1-13(6-7-13)10-15-9-12-5-3-2-4-11(12)8-14/h11-12,15H,2-10,14H2,1H3. The maximum absolute atomic E-state index is 5.84. The molecular weight excluding hydrogens is 184 g/mol. The van der Waals surface area contributed by atoms with Crippen molar-refractivity contribution >= 4 is 0 Å². The van der Waals surface area contributed by atoms with Crippen LogP contribution in [0.3, 0.4) is 0 Å². The Hall–Kier alpha value is -0.0800. The van der Waals surface area contributed by atoms with Gasteiger partial charge in [-0.3, -0.25) is 0 Å². The lowest BCUT2D eigenvalue weighted by Crippen LogP contribution is -2.36. The fraction of sp³-hybridized carbons (Fsp3) is 1.00. The molecule has 2 unspecified atom stereocenters. The second-order valence-electron chi connectivity index (χ2n) is 5.98. The summed E-state index contributed by atoms with van der Waals surface area (Å²) in [7, 11) is 0. The van der Waals surface area contributed by atoms with Crippen LogP contribution in [0.15, 0.2) is 0 Å². The van der Waals surface area contributed by atoms with Crippen LogP contribution in [0, 0.1) is 17.3 Å². The van der Waals surface area contributed by atoms with Gasteiger partial charge in [0.05, 0.1) is 0 Å². The molecule has 2 saturated carbocycles. The Bertz CT molecular complexity index is 199. The van der Waals surface area contributed by atoms with Crippen molar-refractivity contribution in [3.63, 3.8) is 0 Å². The molecule has 2 aliphatic rings. The van der Waals surface area contributed by atoms with Crippen molar-refractivity contribution in [2.75, 3.05) is 19.6 Å². The maximum atomic E-state index is 5.84. The van der Waals surface area contributed by atoms with Crippen molar-refractivity contribution in [2.24, 2.45) is 23.0 Å². The van der Waals surface area contributed by atoms with Crippen molar-refractivity contribution in [1.29, 1.82) is 0 Å². The molecule has 0 aromatic rings. The highest BCUT2D eigenvalue weighted by Gasteiger charge is 2.36. The molecule has 0 heterocycles. The Kier molecular flexibility index (Phi) is 3.68. The van der Waals surface area contributed by atoms with Gasteiger partial charge in [-0.25, -0.2) is 0 Å². The molecule has 0 aromatic carbocycles. The summed E-state index contributed by atoms with van der Waals surface area (Å²) in [6, 6.07) is 0. The van der Waals surface area contributed by atoms with E-state index in [1.165, 1.54) is 51.6 Å². The average Bonchev–Trinajstić information content (AvgIpc) is 2.97. The summed E-state index contributed by atoms with van der Waals surface area (Å²) < 4.78 is 0. The van der Waals surface area contributed by atoms with Crippen molar-refractivity contribution in [1.82, 2.24) is 5.32 Å². The summed E-state index contributed by atoms with van der Waals surface area (Å²) in [6.45, 7) is 5.71. The van der Waals surface area contributed by atoms with Gasteiger partial charge in [0.15, 0.2) is 0 Å². The summed E-state index contributed by atoms with van der Waals surface area (Å²) in [4.78, 5) is 0. The molecule has 0 spiro atoms. The van der Waals surface area contributed by atoms with Gasteiger partial charge in [-0.05, 0) is 56.0 Å². The molecule has 0 saturated heterocycles. The zero-order chi connectivity index (χ0) is 10.7. The third kappa shape index (κ3) is 3.18. The smallest absolute Gasteiger partial charge is 0.000528 e. The molecule has 15 heavy (non-hydrogen) atoms. The van der Waals surface area contributed by atoms with Crippen molar-refractivity contribution in [2.45, 2.75) is 45.4 Å². The van der Waals surface area contributed by atoms with Gasteiger partial charge in [-0.1, -0.05) is 19.8 Å². The Balaban J connectivity index is 1.67. The molecule has 0 radical (unpaired) electrons. The summed E-state index contributed by atoms with van der Waals surface area (Å²) >= 11 is 0. The van der Waals surface area contributed by atoms with Crippen molar-refractivity contribution in [3.05, 3.63) is 0 Å². The van der Waals surface area contributed by atoms with Gasteiger partial charge in [-0.2, -0.15) is 0 Å². The van der Waals surface area contributed by atoms with Crippen LogP contribution in [0.5, 0.6) is 0 Å². The first-order chi connectivity index (χ1) is 7.23. The summed E-state index contributed by atoms with van der Waals surface area (Å²) in [6.07, 6.45) is 8.41. The van der Waals surface area contributed by atoms with Gasteiger partial charge in [-0.15, -0.1) is 0 Å². The van der Waals surface area contributed by atoms with Gasteiger partial charge in [0, 0.05) is 6.54 Å². The summed E-state index contributed by atoms with van der Waals surface area (Å²) in [5.41, 5.74) is 6.48. The summed E-state index contributed by atoms with van der Waals surface area (Å²) in [5, 5.41) is 3.67. The minimum Gasteiger partial charge on any atom is -0.330 e. The van der Waals surface area contributed by atoms with Gasteiger partial charge in [0.25, 0.3) is 0 Å². The number of hydrogen-bond donors (Lipinski definition) is 2. The van der Waals surface area contributed by atoms with Crippen LogP contribution in [0.1, 0.15) is 45.4 Å². The second kappa shape index (κ2) is 4.84. The lowest BCUT2D eigenvalue weighted by molar-refractivity contribution is 0.232. The molecule has 0 aromatic heterocycles. The fourth-order valence-corrected chi connectivity index (χ4v) is 2.81. The van der Waals surface area contributed by atoms with E-state index in [9.17, 15) is 0 Å². The molecule has 3 N–H and O–H groups in total. The van der Waals surface area contributed by atoms with E-state index < -0.39 is 0 Å². The number of hydrogen-bond acceptors (Lipinski definition) is 2. The highest BCUT2D eigenvalue weighted by atomic mass is 14.9. The van der Waals surface area contributed by atoms with Crippen LogP contribution in [-0.4, -0.2) is 19.6 Å². The highest BCUT2D eigenvalue weighted by Crippen LogP contribution is 2.44. The van der Waals surface area contributed by atoms with E-state index in [1.54, 1.807) is 0 Å². The molecule has 2 heteroatoms. The quantitative estimate of drug-likeness (QED) is 0.729. The molecule has 0 bridgehead atoms. The average molecular weight is 210 g/mol. The van der Waals surface area contributed by atoms with E-state index in [0.29, 0.717) is 5.41 Å². The number of nitrogens with one attached hydrogen (secondary N) is 1. The Morgan fingerprint density at radius 3 is 2.47 bits per heavy atom. The topological polar surface area (TPSA) is 38.0 Å². The largest absolute Gasteiger partial charge is 0.330 e. The van der Waals surface area contributed by atoms with Crippen LogP contribution in [0.25, 0.3) is 0 Å². The van der Waals surface area contributed by atoms with E-state index in [2.05, 4.69) is 12.2 Å². The normalized spacial score (nSPS) is 34.0. The second-order valence-corrected chi connectivity index (χ2v) is 5.98. The van der Waals surface area contributed by atoms with Gasteiger partial charge < -0.3 is 11.1 Å². The minimum absolute atomic E-state index is 0.646. The molecule has 2 atom stereocenters. The zero-order valence-corrected chi connectivity index (χ0v) is 10.1. The molecule has 2 rings (SSSR count). The van der Waals surface area contributed by atoms with E-state index in [4.69, 9.17) is 5.73 Å².